The zero-order valence-electron chi connectivity index (χ0n) is 18.3. The third kappa shape index (κ3) is 4.86. The van der Waals surface area contributed by atoms with Crippen LogP contribution in [-0.2, 0) is 6.54 Å². The maximum atomic E-state index is 13.0. The van der Waals surface area contributed by atoms with Crippen LogP contribution in [0.1, 0.15) is 34.3 Å². The minimum Gasteiger partial charge on any atom is -0.481 e. The van der Waals surface area contributed by atoms with Gasteiger partial charge < -0.3 is 4.74 Å². The predicted molar refractivity (Wildman–Crippen MR) is 123 cm³/mol. The normalized spacial score (nSPS) is 15.3. The Labute approximate surface area is 199 Å². The van der Waals surface area contributed by atoms with Crippen LogP contribution in [0.3, 0.4) is 0 Å². The van der Waals surface area contributed by atoms with E-state index >= 15 is 0 Å². The first kappa shape index (κ1) is 24.0. The zero-order valence-corrected chi connectivity index (χ0v) is 19.1. The molecule has 0 saturated carbocycles. The van der Waals surface area contributed by atoms with Crippen LogP contribution in [-0.4, -0.2) is 42.0 Å². The van der Waals surface area contributed by atoms with Gasteiger partial charge in [-0.05, 0) is 44.1 Å². The van der Waals surface area contributed by atoms with Crippen molar-refractivity contribution in [1.29, 1.82) is 0 Å². The number of hydrogen-bond donors (Lipinski definition) is 0. The minimum atomic E-state index is -4.18. The molecule has 0 atom stereocenters. The molecular formula is C25H21ClF3N3O2. The molecule has 0 aliphatic carbocycles. The molecule has 1 aliphatic heterocycles. The van der Waals surface area contributed by atoms with Crippen molar-refractivity contribution in [2.75, 3.05) is 20.2 Å². The van der Waals surface area contributed by atoms with E-state index in [-0.39, 0.29) is 18.6 Å². The first-order chi connectivity index (χ1) is 16.2. The van der Waals surface area contributed by atoms with Gasteiger partial charge in [-0.1, -0.05) is 35.9 Å². The van der Waals surface area contributed by atoms with Gasteiger partial charge in [-0.25, -0.2) is 9.83 Å². The number of pyridine rings is 1. The number of carbonyl (C=O) groups is 1. The average Bonchev–Trinajstić information content (AvgIpc) is 2.84. The molecule has 1 aromatic heterocycles. The second-order valence-corrected chi connectivity index (χ2v) is 8.60. The largest absolute Gasteiger partial charge is 0.481 e. The molecule has 4 rings (SSSR count). The van der Waals surface area contributed by atoms with E-state index in [2.05, 4.69) is 9.83 Å². The molecule has 0 unspecified atom stereocenters. The van der Waals surface area contributed by atoms with Gasteiger partial charge in [-0.3, -0.25) is 9.69 Å². The number of rotatable bonds is 5. The lowest BCUT2D eigenvalue weighted by Gasteiger charge is -2.33. The van der Waals surface area contributed by atoms with Crippen molar-refractivity contribution >= 4 is 34.0 Å². The SMILES string of the molecule is [C-]#[N+]c1ccc(C(=O)c2ccc3nc(OC)c(CN4CCC(C(F)(F)F)CC4)c(Cl)c3c2)cc1. The molecule has 1 aliphatic rings. The summed E-state index contributed by atoms with van der Waals surface area (Å²) in [7, 11) is 1.47. The number of halogens is 4. The van der Waals surface area contributed by atoms with Gasteiger partial charge in [0, 0.05) is 28.6 Å². The quantitative estimate of drug-likeness (QED) is 0.306. The smallest absolute Gasteiger partial charge is 0.391 e. The lowest BCUT2D eigenvalue weighted by atomic mass is 9.96. The highest BCUT2D eigenvalue weighted by molar-refractivity contribution is 6.36. The maximum Gasteiger partial charge on any atom is 0.391 e. The molecule has 34 heavy (non-hydrogen) atoms. The van der Waals surface area contributed by atoms with Gasteiger partial charge >= 0.3 is 6.18 Å². The van der Waals surface area contributed by atoms with Crippen LogP contribution in [0.5, 0.6) is 5.88 Å². The van der Waals surface area contributed by atoms with Crippen molar-refractivity contribution in [1.82, 2.24) is 9.88 Å². The number of ketones is 1. The Morgan fingerprint density at radius 3 is 2.41 bits per heavy atom. The topological polar surface area (TPSA) is 46.8 Å². The van der Waals surface area contributed by atoms with Crippen molar-refractivity contribution in [2.45, 2.75) is 25.6 Å². The summed E-state index contributed by atoms with van der Waals surface area (Å²) >= 11 is 6.74. The third-order valence-corrected chi connectivity index (χ3v) is 6.56. The van der Waals surface area contributed by atoms with Crippen LogP contribution in [0.4, 0.5) is 18.9 Å². The van der Waals surface area contributed by atoms with E-state index in [1.165, 1.54) is 7.11 Å². The van der Waals surface area contributed by atoms with Crippen molar-refractivity contribution in [2.24, 2.45) is 5.92 Å². The molecule has 3 aromatic rings. The van der Waals surface area contributed by atoms with Crippen LogP contribution in [0, 0.1) is 12.5 Å². The predicted octanol–water partition coefficient (Wildman–Crippen LogP) is 6.45. The number of likely N-dealkylation sites (tertiary alicyclic amines) is 1. The highest BCUT2D eigenvalue weighted by Gasteiger charge is 2.41. The maximum absolute atomic E-state index is 13.0. The Balaban J connectivity index is 1.63. The monoisotopic (exact) mass is 487 g/mol. The van der Waals surface area contributed by atoms with Crippen molar-refractivity contribution in [3.63, 3.8) is 0 Å². The molecule has 176 valence electrons. The number of benzene rings is 2. The summed E-state index contributed by atoms with van der Waals surface area (Å²) in [6.07, 6.45) is -4.10. The number of fused-ring (bicyclic) bond motifs is 1. The molecule has 0 radical (unpaired) electrons. The Morgan fingerprint density at radius 2 is 1.82 bits per heavy atom. The second kappa shape index (κ2) is 9.61. The Bertz CT molecular complexity index is 1260. The second-order valence-electron chi connectivity index (χ2n) is 8.23. The van der Waals surface area contributed by atoms with Crippen molar-refractivity contribution < 1.29 is 22.7 Å². The van der Waals surface area contributed by atoms with Gasteiger partial charge in [0.05, 0.1) is 30.1 Å². The molecule has 0 spiro atoms. The van der Waals surface area contributed by atoms with E-state index in [4.69, 9.17) is 22.9 Å². The molecule has 1 saturated heterocycles. The molecule has 0 N–H and O–H groups in total. The molecule has 2 aromatic carbocycles. The number of nitrogens with zero attached hydrogens (tertiary/aromatic N) is 3. The van der Waals surface area contributed by atoms with Gasteiger partial charge in [0.1, 0.15) is 0 Å². The first-order valence-electron chi connectivity index (χ1n) is 10.7. The van der Waals surface area contributed by atoms with Crippen LogP contribution < -0.4 is 4.74 Å². The van der Waals surface area contributed by atoms with Crippen LogP contribution in [0.15, 0.2) is 42.5 Å². The van der Waals surface area contributed by atoms with Crippen molar-refractivity contribution in [3.8, 4) is 5.88 Å². The summed E-state index contributed by atoms with van der Waals surface area (Å²) in [5, 5.41) is 0.920. The van der Waals surface area contributed by atoms with E-state index in [0.29, 0.717) is 63.8 Å². The first-order valence-corrected chi connectivity index (χ1v) is 11.1. The van der Waals surface area contributed by atoms with Crippen molar-refractivity contribution in [3.05, 3.63) is 75.6 Å². The number of hydrogen-bond acceptors (Lipinski definition) is 4. The van der Waals surface area contributed by atoms with E-state index in [1.54, 1.807) is 42.5 Å². The Morgan fingerprint density at radius 1 is 1.18 bits per heavy atom. The number of carbonyl (C=O) groups excluding carboxylic acids is 1. The standard InChI is InChI=1S/C25H21ClF3N3O2/c1-30-18-6-3-15(4-7-18)23(33)16-5-8-21-19(13-16)22(26)20(24(31-21)34-2)14-32-11-9-17(10-12-32)25(27,28)29/h3-8,13,17H,9-12,14H2,2H3. The van der Waals surface area contributed by atoms with Crippen LogP contribution in [0.2, 0.25) is 5.02 Å². The number of ether oxygens (including phenoxy) is 1. The lowest BCUT2D eigenvalue weighted by molar-refractivity contribution is -0.185. The Kier molecular flexibility index (Phi) is 6.78. The molecular weight excluding hydrogens is 467 g/mol. The summed E-state index contributed by atoms with van der Waals surface area (Å²) < 4.78 is 44.4. The number of methoxy groups -OCH3 is 1. The summed E-state index contributed by atoms with van der Waals surface area (Å²) in [5.41, 5.74) is 2.42. The summed E-state index contributed by atoms with van der Waals surface area (Å²) in [4.78, 5) is 22.7. The highest BCUT2D eigenvalue weighted by atomic mass is 35.5. The van der Waals surface area contributed by atoms with Crippen LogP contribution in [0.25, 0.3) is 15.7 Å². The lowest BCUT2D eigenvalue weighted by Crippen LogP contribution is -2.38. The summed E-state index contributed by atoms with van der Waals surface area (Å²) in [5.74, 6) is -1.20. The van der Waals surface area contributed by atoms with E-state index < -0.39 is 12.1 Å². The van der Waals surface area contributed by atoms with E-state index in [9.17, 15) is 18.0 Å². The van der Waals surface area contributed by atoms with Gasteiger partial charge in [0.15, 0.2) is 11.5 Å². The summed E-state index contributed by atoms with van der Waals surface area (Å²) in [6, 6.07) is 11.4. The number of alkyl halides is 3. The Hall–Kier alpha value is -3.15. The zero-order chi connectivity index (χ0) is 24.5. The molecule has 9 heteroatoms. The minimum absolute atomic E-state index is 0.0371. The molecule has 0 bridgehead atoms. The summed E-state index contributed by atoms with van der Waals surface area (Å²) in [6.45, 7) is 7.92. The van der Waals surface area contributed by atoms with Gasteiger partial charge in [0.25, 0.3) is 0 Å². The van der Waals surface area contributed by atoms with E-state index in [1.807, 2.05) is 4.90 Å². The fraction of sp³-hybridized carbons (Fsp3) is 0.320. The van der Waals surface area contributed by atoms with Gasteiger partial charge in [0.2, 0.25) is 5.88 Å². The fourth-order valence-corrected chi connectivity index (χ4v) is 4.48. The molecule has 1 fully saturated rings. The molecule has 0 amide bonds. The number of aromatic nitrogens is 1. The third-order valence-electron chi connectivity index (χ3n) is 6.12. The average molecular weight is 488 g/mol. The van der Waals surface area contributed by atoms with E-state index in [0.717, 1.165) is 0 Å². The van der Waals surface area contributed by atoms with Gasteiger partial charge in [-0.15, -0.1) is 0 Å². The number of piperidine rings is 1. The van der Waals surface area contributed by atoms with Crippen LogP contribution >= 0.6 is 11.6 Å². The molecule has 5 nitrogen and oxygen atoms in total. The van der Waals surface area contributed by atoms with Gasteiger partial charge in [-0.2, -0.15) is 13.2 Å². The molecule has 2 heterocycles. The fourth-order valence-electron chi connectivity index (χ4n) is 4.19. The highest BCUT2D eigenvalue weighted by Crippen LogP contribution is 2.37.